The number of carbonyl (C=O) groups excluding carboxylic acids is 1. The van der Waals surface area contributed by atoms with Gasteiger partial charge in [0.1, 0.15) is 0 Å². The van der Waals surface area contributed by atoms with Crippen LogP contribution in [-0.4, -0.2) is 36.6 Å². The standard InChI is InChI=1S/C11H13ClN2O2/c12-9-6-13-2-1-8(9)5-11(15)10-7-16-4-3-14-10/h1-2,6,10,14H,3-5,7H2. The van der Waals surface area contributed by atoms with E-state index in [-0.39, 0.29) is 11.8 Å². The number of hydrogen-bond donors (Lipinski definition) is 1. The average molecular weight is 241 g/mol. The summed E-state index contributed by atoms with van der Waals surface area (Å²) in [6.07, 6.45) is 3.51. The van der Waals surface area contributed by atoms with Crippen molar-refractivity contribution in [1.82, 2.24) is 10.3 Å². The van der Waals surface area contributed by atoms with E-state index in [9.17, 15) is 4.79 Å². The summed E-state index contributed by atoms with van der Waals surface area (Å²) in [7, 11) is 0. The summed E-state index contributed by atoms with van der Waals surface area (Å²) in [5.74, 6) is 0.104. The van der Waals surface area contributed by atoms with Gasteiger partial charge in [-0.25, -0.2) is 0 Å². The van der Waals surface area contributed by atoms with Crippen molar-refractivity contribution < 1.29 is 9.53 Å². The van der Waals surface area contributed by atoms with E-state index in [0.717, 1.165) is 12.1 Å². The number of carbonyl (C=O) groups is 1. The Hall–Kier alpha value is -0.970. The highest BCUT2D eigenvalue weighted by Crippen LogP contribution is 2.15. The second kappa shape index (κ2) is 5.39. The lowest BCUT2D eigenvalue weighted by molar-refractivity contribution is -0.123. The summed E-state index contributed by atoms with van der Waals surface area (Å²) in [4.78, 5) is 15.8. The third kappa shape index (κ3) is 2.78. The number of pyridine rings is 1. The second-order valence-electron chi connectivity index (χ2n) is 3.69. The van der Waals surface area contributed by atoms with Crippen molar-refractivity contribution in [3.8, 4) is 0 Å². The molecule has 1 atom stereocenters. The van der Waals surface area contributed by atoms with Crippen LogP contribution in [-0.2, 0) is 16.0 Å². The molecule has 1 saturated heterocycles. The largest absolute Gasteiger partial charge is 0.378 e. The predicted molar refractivity (Wildman–Crippen MR) is 60.6 cm³/mol. The molecule has 0 aliphatic carbocycles. The van der Waals surface area contributed by atoms with Crippen molar-refractivity contribution in [2.45, 2.75) is 12.5 Å². The summed E-state index contributed by atoms with van der Waals surface area (Å²) in [5, 5.41) is 3.66. The van der Waals surface area contributed by atoms with Gasteiger partial charge >= 0.3 is 0 Å². The van der Waals surface area contributed by atoms with Gasteiger partial charge in [0.25, 0.3) is 0 Å². The first-order chi connectivity index (χ1) is 7.77. The first-order valence-electron chi connectivity index (χ1n) is 5.19. The monoisotopic (exact) mass is 240 g/mol. The van der Waals surface area contributed by atoms with Gasteiger partial charge in [0, 0.05) is 25.4 Å². The van der Waals surface area contributed by atoms with Crippen molar-refractivity contribution in [2.24, 2.45) is 0 Å². The number of morpholine rings is 1. The quantitative estimate of drug-likeness (QED) is 0.851. The predicted octanol–water partition coefficient (Wildman–Crippen LogP) is 0.835. The average Bonchev–Trinajstić information content (AvgIpc) is 2.33. The Labute approximate surface area is 99.0 Å². The zero-order valence-electron chi connectivity index (χ0n) is 8.78. The Morgan fingerprint density at radius 1 is 1.69 bits per heavy atom. The highest BCUT2D eigenvalue weighted by atomic mass is 35.5. The number of ether oxygens (including phenoxy) is 1. The zero-order valence-corrected chi connectivity index (χ0v) is 9.54. The van der Waals surface area contributed by atoms with Crippen molar-refractivity contribution in [3.63, 3.8) is 0 Å². The molecule has 1 aromatic heterocycles. The highest BCUT2D eigenvalue weighted by molar-refractivity contribution is 6.31. The lowest BCUT2D eigenvalue weighted by Crippen LogP contribution is -2.47. The molecule has 0 amide bonds. The molecule has 1 N–H and O–H groups in total. The second-order valence-corrected chi connectivity index (χ2v) is 4.10. The van der Waals surface area contributed by atoms with Gasteiger partial charge in [-0.1, -0.05) is 11.6 Å². The maximum absolute atomic E-state index is 11.9. The molecular weight excluding hydrogens is 228 g/mol. The lowest BCUT2D eigenvalue weighted by Gasteiger charge is -2.22. The molecule has 0 aromatic carbocycles. The van der Waals surface area contributed by atoms with Crippen LogP contribution in [0.3, 0.4) is 0 Å². The van der Waals surface area contributed by atoms with Crippen molar-refractivity contribution in [1.29, 1.82) is 0 Å². The van der Waals surface area contributed by atoms with Crippen LogP contribution in [0.2, 0.25) is 5.02 Å². The molecule has 1 aromatic rings. The number of ketones is 1. The Morgan fingerprint density at radius 2 is 2.56 bits per heavy atom. The van der Waals surface area contributed by atoms with E-state index >= 15 is 0 Å². The molecule has 16 heavy (non-hydrogen) atoms. The van der Waals surface area contributed by atoms with E-state index in [0.29, 0.717) is 24.7 Å². The molecule has 1 fully saturated rings. The van der Waals surface area contributed by atoms with E-state index in [1.54, 1.807) is 18.5 Å². The molecule has 1 unspecified atom stereocenters. The summed E-state index contributed by atoms with van der Waals surface area (Å²) >= 11 is 5.94. The molecule has 5 heteroatoms. The normalized spacial score (nSPS) is 20.7. The van der Waals surface area contributed by atoms with Crippen LogP contribution < -0.4 is 5.32 Å². The van der Waals surface area contributed by atoms with Crippen molar-refractivity contribution in [3.05, 3.63) is 29.0 Å². The fraction of sp³-hybridized carbons (Fsp3) is 0.455. The highest BCUT2D eigenvalue weighted by Gasteiger charge is 2.21. The number of Topliss-reactive ketones (excluding diaryl/α,β-unsaturated/α-hetero) is 1. The van der Waals surface area contributed by atoms with Crippen LogP contribution in [0, 0.1) is 0 Å². The molecule has 2 heterocycles. The third-order valence-corrected chi connectivity index (χ3v) is 2.87. The van der Waals surface area contributed by atoms with Crippen LogP contribution >= 0.6 is 11.6 Å². The van der Waals surface area contributed by atoms with Crippen LogP contribution in [0.1, 0.15) is 5.56 Å². The minimum atomic E-state index is -0.210. The van der Waals surface area contributed by atoms with Crippen LogP contribution in [0.25, 0.3) is 0 Å². The Kier molecular flexibility index (Phi) is 3.88. The van der Waals surface area contributed by atoms with E-state index < -0.39 is 0 Å². The first kappa shape index (κ1) is 11.5. The Bertz CT molecular complexity index is 378. The smallest absolute Gasteiger partial charge is 0.156 e. The van der Waals surface area contributed by atoms with Gasteiger partial charge in [-0.3, -0.25) is 9.78 Å². The van der Waals surface area contributed by atoms with E-state index in [1.165, 1.54) is 0 Å². The Balaban J connectivity index is 1.99. The number of halogens is 1. The Morgan fingerprint density at radius 3 is 3.25 bits per heavy atom. The van der Waals surface area contributed by atoms with Crippen molar-refractivity contribution in [2.75, 3.05) is 19.8 Å². The minimum Gasteiger partial charge on any atom is -0.378 e. The van der Waals surface area contributed by atoms with Gasteiger partial charge in [-0.05, 0) is 11.6 Å². The lowest BCUT2D eigenvalue weighted by atomic mass is 10.0. The molecule has 0 saturated carbocycles. The van der Waals surface area contributed by atoms with Gasteiger partial charge in [-0.2, -0.15) is 0 Å². The van der Waals surface area contributed by atoms with Gasteiger partial charge < -0.3 is 10.1 Å². The first-order valence-corrected chi connectivity index (χ1v) is 5.57. The number of rotatable bonds is 3. The summed E-state index contributed by atoms with van der Waals surface area (Å²) in [6, 6.07) is 1.56. The zero-order chi connectivity index (χ0) is 11.4. The van der Waals surface area contributed by atoms with E-state index in [2.05, 4.69) is 10.3 Å². The minimum absolute atomic E-state index is 0.104. The molecule has 1 aliphatic heterocycles. The topological polar surface area (TPSA) is 51.2 Å². The third-order valence-electron chi connectivity index (χ3n) is 2.53. The molecule has 0 radical (unpaired) electrons. The number of hydrogen-bond acceptors (Lipinski definition) is 4. The molecule has 0 bridgehead atoms. The summed E-state index contributed by atoms with van der Waals surface area (Å²) in [6.45, 7) is 1.84. The summed E-state index contributed by atoms with van der Waals surface area (Å²) < 4.78 is 5.24. The maximum atomic E-state index is 11.9. The molecule has 86 valence electrons. The number of nitrogens with zero attached hydrogens (tertiary/aromatic N) is 1. The maximum Gasteiger partial charge on any atom is 0.156 e. The summed E-state index contributed by atoms with van der Waals surface area (Å²) in [5.41, 5.74) is 0.814. The van der Waals surface area contributed by atoms with E-state index in [4.69, 9.17) is 16.3 Å². The van der Waals surface area contributed by atoms with Crippen LogP contribution in [0.15, 0.2) is 18.5 Å². The SMILES string of the molecule is O=C(Cc1ccncc1Cl)C1COCCN1. The van der Waals surface area contributed by atoms with Gasteiger partial charge in [-0.15, -0.1) is 0 Å². The van der Waals surface area contributed by atoms with Gasteiger partial charge in [0.2, 0.25) is 0 Å². The number of aromatic nitrogens is 1. The van der Waals surface area contributed by atoms with Gasteiger partial charge in [0.05, 0.1) is 24.3 Å². The molecule has 0 spiro atoms. The van der Waals surface area contributed by atoms with E-state index in [1.807, 2.05) is 0 Å². The number of nitrogens with one attached hydrogen (secondary N) is 1. The molecule has 2 rings (SSSR count). The fourth-order valence-corrected chi connectivity index (χ4v) is 1.82. The molecule has 1 aliphatic rings. The van der Waals surface area contributed by atoms with Crippen LogP contribution in [0.5, 0.6) is 0 Å². The van der Waals surface area contributed by atoms with Crippen molar-refractivity contribution >= 4 is 17.4 Å². The fourth-order valence-electron chi connectivity index (χ4n) is 1.63. The molecule has 4 nitrogen and oxygen atoms in total. The van der Waals surface area contributed by atoms with Gasteiger partial charge in [0.15, 0.2) is 5.78 Å². The van der Waals surface area contributed by atoms with Crippen LogP contribution in [0.4, 0.5) is 0 Å². The molecular formula is C11H13ClN2O2.